The van der Waals surface area contributed by atoms with Crippen LogP contribution in [0.15, 0.2) is 29.2 Å². The average Bonchev–Trinajstić information content (AvgIpc) is 3.18. The van der Waals surface area contributed by atoms with Crippen LogP contribution in [0.2, 0.25) is 0 Å². The van der Waals surface area contributed by atoms with Crippen LogP contribution >= 0.6 is 0 Å². The third-order valence-electron chi connectivity index (χ3n) is 7.99. The number of sulfonamides is 1. The van der Waals surface area contributed by atoms with Gasteiger partial charge in [0, 0.05) is 35.6 Å². The van der Waals surface area contributed by atoms with E-state index in [4.69, 9.17) is 5.73 Å². The van der Waals surface area contributed by atoms with Gasteiger partial charge in [0.2, 0.25) is 15.9 Å². The number of nitrogens with zero attached hydrogens (tertiary/aromatic N) is 1. The Balaban J connectivity index is 2.19. The van der Waals surface area contributed by atoms with Crippen molar-refractivity contribution in [3.8, 4) is 11.3 Å². The van der Waals surface area contributed by atoms with Crippen LogP contribution in [-0.2, 0) is 26.8 Å². The molecule has 2 amide bonds. The molecule has 0 radical (unpaired) electrons. The molecule has 0 bridgehead atoms. The van der Waals surface area contributed by atoms with Gasteiger partial charge >= 0.3 is 0 Å². The first kappa shape index (κ1) is 32.9. The number of carbonyl (C=O) groups excluding carboxylic acids is 2. The third kappa shape index (κ3) is 8.22. The van der Waals surface area contributed by atoms with Gasteiger partial charge in [-0.2, -0.15) is 0 Å². The second-order valence-electron chi connectivity index (χ2n) is 14.4. The van der Waals surface area contributed by atoms with E-state index >= 15 is 0 Å². The van der Waals surface area contributed by atoms with E-state index in [-0.39, 0.29) is 22.8 Å². The highest BCUT2D eigenvalue weighted by atomic mass is 32.2. The Kier molecular flexibility index (Phi) is 9.55. The van der Waals surface area contributed by atoms with Gasteiger partial charge in [-0.05, 0) is 101 Å². The average molecular weight is 587 g/mol. The van der Waals surface area contributed by atoms with Crippen LogP contribution in [0.5, 0.6) is 0 Å². The van der Waals surface area contributed by atoms with E-state index in [2.05, 4.69) is 41.4 Å². The lowest BCUT2D eigenvalue weighted by atomic mass is 9.84. The van der Waals surface area contributed by atoms with E-state index in [0.717, 1.165) is 29.7 Å². The minimum Gasteiger partial charge on any atom is -0.369 e. The third-order valence-corrected chi connectivity index (χ3v) is 9.51. The van der Waals surface area contributed by atoms with Crippen LogP contribution < -0.4 is 15.8 Å². The number of benzene rings is 1. The van der Waals surface area contributed by atoms with E-state index in [1.54, 1.807) is 19.9 Å². The first-order valence-corrected chi connectivity index (χ1v) is 16.2. The fourth-order valence-electron chi connectivity index (χ4n) is 5.19. The summed E-state index contributed by atoms with van der Waals surface area (Å²) in [6, 6.07) is 7.57. The molecule has 0 atom stereocenters. The molecule has 1 aliphatic carbocycles. The number of rotatable bonds is 9. The Hall–Kier alpha value is -2.65. The molecule has 41 heavy (non-hydrogen) atoms. The number of hydrogen-bond acceptors (Lipinski definition) is 4. The first-order valence-electron chi connectivity index (χ1n) is 14.7. The number of primary amides is 1. The van der Waals surface area contributed by atoms with Crippen LogP contribution in [0.4, 0.5) is 0 Å². The Labute approximate surface area is 246 Å². The lowest BCUT2D eigenvalue weighted by Crippen LogP contribution is -2.42. The summed E-state index contributed by atoms with van der Waals surface area (Å²) in [5.41, 5.74) is 7.54. The summed E-state index contributed by atoms with van der Waals surface area (Å²) in [5, 5.41) is 3.06. The topological polar surface area (TPSA) is 123 Å². The summed E-state index contributed by atoms with van der Waals surface area (Å²) in [4.78, 5) is 25.3. The van der Waals surface area contributed by atoms with Gasteiger partial charge < -0.3 is 15.6 Å². The van der Waals surface area contributed by atoms with E-state index in [1.807, 2.05) is 39.8 Å². The molecule has 2 aromatic rings. The molecule has 228 valence electrons. The van der Waals surface area contributed by atoms with Crippen molar-refractivity contribution in [2.75, 3.05) is 6.54 Å². The number of carbonyl (C=O) groups is 2. The van der Waals surface area contributed by atoms with Gasteiger partial charge in [0.15, 0.2) is 0 Å². The van der Waals surface area contributed by atoms with Crippen molar-refractivity contribution in [1.29, 1.82) is 0 Å². The number of nitrogens with two attached hydrogens (primary N) is 1. The summed E-state index contributed by atoms with van der Waals surface area (Å²) in [5.74, 6) is -0.303. The molecule has 1 fully saturated rings. The molecule has 1 aliphatic rings. The summed E-state index contributed by atoms with van der Waals surface area (Å²) in [7, 11) is -3.96. The van der Waals surface area contributed by atoms with Crippen LogP contribution in [0.25, 0.3) is 11.3 Å². The van der Waals surface area contributed by atoms with Crippen molar-refractivity contribution >= 4 is 21.8 Å². The minimum absolute atomic E-state index is 0.107. The minimum atomic E-state index is -3.96. The number of amides is 2. The van der Waals surface area contributed by atoms with Crippen LogP contribution in [0.3, 0.4) is 0 Å². The molecule has 3 rings (SSSR count). The Bertz CT molecular complexity index is 1390. The second kappa shape index (κ2) is 11.9. The predicted octanol–water partition coefficient (Wildman–Crippen LogP) is 5.66. The van der Waals surface area contributed by atoms with E-state index in [9.17, 15) is 18.0 Å². The van der Waals surface area contributed by atoms with Crippen molar-refractivity contribution in [3.05, 3.63) is 41.1 Å². The smallest absolute Gasteiger partial charge is 0.251 e. The Morgan fingerprint density at radius 2 is 1.56 bits per heavy atom. The predicted molar refractivity (Wildman–Crippen MR) is 165 cm³/mol. The zero-order valence-electron chi connectivity index (χ0n) is 26.4. The van der Waals surface area contributed by atoms with E-state index in [0.29, 0.717) is 23.7 Å². The van der Waals surface area contributed by atoms with Crippen LogP contribution in [0, 0.1) is 18.3 Å². The molecule has 1 aromatic heterocycles. The molecule has 4 N–H and O–H groups in total. The highest BCUT2D eigenvalue weighted by Crippen LogP contribution is 2.36. The molecule has 0 spiro atoms. The zero-order chi connectivity index (χ0) is 31.0. The molecule has 1 heterocycles. The van der Waals surface area contributed by atoms with E-state index < -0.39 is 26.9 Å². The normalized spacial score (nSPS) is 15.6. The van der Waals surface area contributed by atoms with Gasteiger partial charge in [-0.15, -0.1) is 0 Å². The summed E-state index contributed by atoms with van der Waals surface area (Å²) in [6.45, 7) is 17.8. The van der Waals surface area contributed by atoms with Crippen molar-refractivity contribution in [2.45, 2.75) is 117 Å². The van der Waals surface area contributed by atoms with Crippen molar-refractivity contribution in [1.82, 2.24) is 14.6 Å². The Morgan fingerprint density at radius 3 is 2.10 bits per heavy atom. The van der Waals surface area contributed by atoms with Crippen LogP contribution in [0.1, 0.15) is 109 Å². The molecule has 1 saturated carbocycles. The summed E-state index contributed by atoms with van der Waals surface area (Å²) >= 11 is 0. The monoisotopic (exact) mass is 586 g/mol. The van der Waals surface area contributed by atoms with Gasteiger partial charge in [0.05, 0.1) is 5.41 Å². The molecule has 0 saturated heterocycles. The highest BCUT2D eigenvalue weighted by molar-refractivity contribution is 7.89. The fourth-order valence-corrected chi connectivity index (χ4v) is 6.66. The highest BCUT2D eigenvalue weighted by Gasteiger charge is 2.31. The van der Waals surface area contributed by atoms with Gasteiger partial charge in [-0.3, -0.25) is 9.59 Å². The standard InChI is InChI=1S/C32H50N4O4S/c1-21-27(41(39,40)34-20-32(8,9)29(33)38)18-26(36(21)19-22-13-11-10-12-14-22)23-15-24(28(37)35-31(5,6)7)17-25(16-23)30(2,3)4/h15-18,22,34H,10-14,19-20H2,1-9H3,(H2,33,38)(H,35,37). The molecular formula is C32H50N4O4S. The summed E-state index contributed by atoms with van der Waals surface area (Å²) < 4.78 is 32.0. The first-order chi connectivity index (χ1) is 18.7. The maximum atomic E-state index is 13.6. The van der Waals surface area contributed by atoms with Gasteiger partial charge in [-0.1, -0.05) is 40.0 Å². The number of nitrogens with one attached hydrogen (secondary N) is 2. The second-order valence-corrected chi connectivity index (χ2v) is 16.2. The Morgan fingerprint density at radius 1 is 0.951 bits per heavy atom. The molecule has 1 aromatic carbocycles. The molecular weight excluding hydrogens is 536 g/mol. The lowest BCUT2D eigenvalue weighted by Gasteiger charge is -2.26. The maximum absolute atomic E-state index is 13.6. The van der Waals surface area contributed by atoms with Crippen molar-refractivity contribution < 1.29 is 18.0 Å². The number of hydrogen-bond donors (Lipinski definition) is 3. The fraction of sp³-hybridized carbons (Fsp3) is 0.625. The SMILES string of the molecule is Cc1c(S(=O)(=O)NCC(C)(C)C(N)=O)cc(-c2cc(C(=O)NC(C)(C)C)cc(C(C)(C)C)c2)n1CC1CCCCC1. The number of aromatic nitrogens is 1. The van der Waals surface area contributed by atoms with E-state index in [1.165, 1.54) is 19.3 Å². The molecule has 0 aliphatic heterocycles. The van der Waals surface area contributed by atoms with Gasteiger partial charge in [-0.25, -0.2) is 13.1 Å². The molecule has 0 unspecified atom stereocenters. The van der Waals surface area contributed by atoms with Crippen LogP contribution in [-0.4, -0.2) is 36.9 Å². The zero-order valence-corrected chi connectivity index (χ0v) is 27.2. The summed E-state index contributed by atoms with van der Waals surface area (Å²) in [6.07, 6.45) is 5.78. The van der Waals surface area contributed by atoms with Crippen molar-refractivity contribution in [2.24, 2.45) is 17.1 Å². The van der Waals surface area contributed by atoms with Gasteiger partial charge in [0.1, 0.15) is 4.90 Å². The lowest BCUT2D eigenvalue weighted by molar-refractivity contribution is -0.125. The maximum Gasteiger partial charge on any atom is 0.251 e. The quantitative estimate of drug-likeness (QED) is 0.351. The largest absolute Gasteiger partial charge is 0.369 e. The molecule has 9 heteroatoms. The molecule has 8 nitrogen and oxygen atoms in total. The van der Waals surface area contributed by atoms with Gasteiger partial charge in [0.25, 0.3) is 5.91 Å². The van der Waals surface area contributed by atoms with Crippen molar-refractivity contribution in [3.63, 3.8) is 0 Å².